The average Bonchev–Trinajstić information content (AvgIpc) is 2.97. The van der Waals surface area contributed by atoms with Gasteiger partial charge in [0.15, 0.2) is 6.61 Å². The molecule has 0 radical (unpaired) electrons. The van der Waals surface area contributed by atoms with Crippen molar-refractivity contribution < 1.29 is 19.4 Å². The fourth-order valence-corrected chi connectivity index (χ4v) is 6.44. The van der Waals surface area contributed by atoms with Crippen LogP contribution in [-0.2, 0) is 16.0 Å². The quantitative estimate of drug-likeness (QED) is 0.282. The van der Waals surface area contributed by atoms with Crippen LogP contribution in [0.4, 0.5) is 0 Å². The monoisotopic (exact) mass is 604 g/mol. The van der Waals surface area contributed by atoms with Crippen molar-refractivity contribution in [3.05, 3.63) is 90.3 Å². The Morgan fingerprint density at radius 3 is 2.47 bits per heavy atom. The second kappa shape index (κ2) is 15.4. The van der Waals surface area contributed by atoms with E-state index in [4.69, 9.17) is 4.74 Å². The first kappa shape index (κ1) is 32.5. The zero-order chi connectivity index (χ0) is 30.8. The molecule has 2 aromatic carbocycles. The number of carbonyl (C=O) groups is 2. The molecule has 1 fully saturated rings. The third-order valence-electron chi connectivity index (χ3n) is 7.40. The number of amides is 2. The van der Waals surface area contributed by atoms with Crippen LogP contribution < -0.4 is 15.4 Å². The van der Waals surface area contributed by atoms with E-state index in [1.165, 1.54) is 0 Å². The van der Waals surface area contributed by atoms with Crippen molar-refractivity contribution in [2.24, 2.45) is 0 Å². The van der Waals surface area contributed by atoms with Crippen LogP contribution in [0, 0.1) is 6.92 Å². The zero-order valence-electron chi connectivity index (χ0n) is 25.5. The van der Waals surface area contributed by atoms with Crippen molar-refractivity contribution in [1.82, 2.24) is 20.5 Å². The van der Waals surface area contributed by atoms with Crippen LogP contribution in [0.25, 0.3) is 0 Å². The number of rotatable bonds is 12. The molecule has 1 aliphatic rings. The first-order valence-corrected chi connectivity index (χ1v) is 15.8. The summed E-state index contributed by atoms with van der Waals surface area (Å²) in [5, 5.41) is 18.0. The van der Waals surface area contributed by atoms with Crippen molar-refractivity contribution >= 4 is 23.6 Å². The molecule has 3 aromatic rings. The molecule has 0 spiro atoms. The number of carbonyl (C=O) groups excluding carboxylic acids is 2. The maximum atomic E-state index is 13.5. The number of thioether (sulfide) groups is 1. The van der Waals surface area contributed by atoms with Crippen molar-refractivity contribution in [3.8, 4) is 5.75 Å². The van der Waals surface area contributed by atoms with Gasteiger partial charge in [-0.25, -0.2) is 0 Å². The van der Waals surface area contributed by atoms with Crippen LogP contribution in [-0.4, -0.2) is 75.5 Å². The van der Waals surface area contributed by atoms with Gasteiger partial charge < -0.3 is 20.5 Å². The number of aliphatic hydroxyl groups is 1. The zero-order valence-corrected chi connectivity index (χ0v) is 26.3. The van der Waals surface area contributed by atoms with E-state index >= 15 is 0 Å². The lowest BCUT2D eigenvalue weighted by Crippen LogP contribution is -2.59. The van der Waals surface area contributed by atoms with E-state index in [1.54, 1.807) is 24.2 Å². The van der Waals surface area contributed by atoms with Gasteiger partial charge in [0.1, 0.15) is 5.75 Å². The summed E-state index contributed by atoms with van der Waals surface area (Å²) in [7, 11) is 0. The Balaban J connectivity index is 1.46. The molecule has 0 unspecified atom stereocenters. The maximum Gasteiger partial charge on any atom is 0.258 e. The van der Waals surface area contributed by atoms with Gasteiger partial charge in [0.05, 0.1) is 18.2 Å². The highest BCUT2D eigenvalue weighted by Crippen LogP contribution is 2.33. The predicted octanol–water partition coefficient (Wildman–Crippen LogP) is 4.40. The van der Waals surface area contributed by atoms with E-state index in [0.29, 0.717) is 25.1 Å². The SMILES string of the molecule is Cc1ccccc1OCC(=O)N[C@@H](Cc1ccccc1)[C@H](O)CN1CC[C@@H](Sc2ccncc2)C[C@H]1C(=O)NC(C)(C)C. The minimum absolute atomic E-state index is 0.0463. The lowest BCUT2D eigenvalue weighted by Gasteiger charge is -2.41. The molecule has 2 heterocycles. The number of piperidine rings is 1. The summed E-state index contributed by atoms with van der Waals surface area (Å²) in [4.78, 5) is 33.9. The van der Waals surface area contributed by atoms with Crippen LogP contribution in [0.2, 0.25) is 0 Å². The highest BCUT2D eigenvalue weighted by atomic mass is 32.2. The highest BCUT2D eigenvalue weighted by molar-refractivity contribution is 8.00. The smallest absolute Gasteiger partial charge is 0.258 e. The number of β-amino-alcohol motifs (C(OH)–C–C–N with tert-alkyl or cyclic N) is 1. The normalized spacial score (nSPS) is 18.8. The number of para-hydroxylation sites is 1. The Labute approximate surface area is 259 Å². The average molecular weight is 605 g/mol. The van der Waals surface area contributed by atoms with Crippen LogP contribution in [0.5, 0.6) is 5.75 Å². The molecule has 1 saturated heterocycles. The van der Waals surface area contributed by atoms with Crippen molar-refractivity contribution in [2.75, 3.05) is 19.7 Å². The minimum atomic E-state index is -0.906. The first-order chi connectivity index (χ1) is 20.6. The van der Waals surface area contributed by atoms with E-state index in [-0.39, 0.29) is 35.8 Å². The molecule has 0 saturated carbocycles. The van der Waals surface area contributed by atoms with Gasteiger partial charge in [-0.05, 0) is 76.3 Å². The molecular formula is C34H44N4O4S. The highest BCUT2D eigenvalue weighted by Gasteiger charge is 2.37. The number of aromatic nitrogens is 1. The summed E-state index contributed by atoms with van der Waals surface area (Å²) in [6.45, 7) is 8.61. The molecule has 1 aliphatic heterocycles. The largest absolute Gasteiger partial charge is 0.484 e. The van der Waals surface area contributed by atoms with Gasteiger partial charge in [0.25, 0.3) is 5.91 Å². The fraction of sp³-hybridized carbons (Fsp3) is 0.441. The van der Waals surface area contributed by atoms with Gasteiger partial charge in [0, 0.05) is 41.2 Å². The minimum Gasteiger partial charge on any atom is -0.484 e. The molecule has 8 nitrogen and oxygen atoms in total. The summed E-state index contributed by atoms with van der Waals surface area (Å²) < 4.78 is 5.77. The Morgan fingerprint density at radius 1 is 1.07 bits per heavy atom. The summed E-state index contributed by atoms with van der Waals surface area (Å²) in [5.74, 6) is 0.297. The summed E-state index contributed by atoms with van der Waals surface area (Å²) >= 11 is 1.77. The summed E-state index contributed by atoms with van der Waals surface area (Å²) in [6, 6.07) is 20.4. The predicted molar refractivity (Wildman–Crippen MR) is 171 cm³/mol. The number of benzene rings is 2. The molecule has 9 heteroatoms. The van der Waals surface area contributed by atoms with Gasteiger partial charge in [-0.15, -0.1) is 11.8 Å². The maximum absolute atomic E-state index is 13.5. The number of aryl methyl sites for hydroxylation is 1. The molecule has 0 bridgehead atoms. The Bertz CT molecular complexity index is 1320. The molecule has 1 aromatic heterocycles. The molecule has 230 valence electrons. The van der Waals surface area contributed by atoms with Gasteiger partial charge in [0.2, 0.25) is 5.91 Å². The Kier molecular flexibility index (Phi) is 11.6. The van der Waals surface area contributed by atoms with Gasteiger partial charge in [-0.3, -0.25) is 19.5 Å². The number of aliphatic hydroxyl groups excluding tert-OH is 1. The first-order valence-electron chi connectivity index (χ1n) is 14.9. The molecule has 43 heavy (non-hydrogen) atoms. The van der Waals surface area contributed by atoms with E-state index in [0.717, 1.165) is 22.4 Å². The molecule has 4 rings (SSSR count). The Morgan fingerprint density at radius 2 is 1.77 bits per heavy atom. The third-order valence-corrected chi connectivity index (χ3v) is 8.71. The van der Waals surface area contributed by atoms with Crippen molar-refractivity contribution in [1.29, 1.82) is 0 Å². The van der Waals surface area contributed by atoms with Crippen molar-refractivity contribution in [3.63, 3.8) is 0 Å². The van der Waals surface area contributed by atoms with Gasteiger partial charge in [-0.2, -0.15) is 0 Å². The standard InChI is InChI=1S/C34H44N4O4S/c1-24-10-8-9-13-31(24)42-23-32(40)36-28(20-25-11-6-5-7-12-25)30(39)22-38-19-16-27(43-26-14-17-35-18-15-26)21-29(38)33(41)37-34(2,3)4/h5-15,17-18,27-30,39H,16,19-23H2,1-4H3,(H,36,40)(H,37,41)/t27-,28+,29+,30-/m1/s1. The molecule has 4 atom stereocenters. The second-order valence-electron chi connectivity index (χ2n) is 12.2. The molecular weight excluding hydrogens is 560 g/mol. The number of hydrogen-bond donors (Lipinski definition) is 3. The number of pyridine rings is 1. The summed E-state index contributed by atoms with van der Waals surface area (Å²) in [5.41, 5.74) is 1.57. The van der Waals surface area contributed by atoms with Crippen molar-refractivity contribution in [2.45, 2.75) is 80.8 Å². The molecule has 2 amide bonds. The number of nitrogens with one attached hydrogen (secondary N) is 2. The topological polar surface area (TPSA) is 104 Å². The van der Waals surface area contributed by atoms with E-state index in [9.17, 15) is 14.7 Å². The van der Waals surface area contributed by atoms with Crippen LogP contribution >= 0.6 is 11.8 Å². The third kappa shape index (κ3) is 10.4. The number of likely N-dealkylation sites (tertiary alicyclic amines) is 1. The Hall–Kier alpha value is -3.40. The number of hydrogen-bond acceptors (Lipinski definition) is 7. The van der Waals surface area contributed by atoms with Gasteiger partial charge >= 0.3 is 0 Å². The van der Waals surface area contributed by atoms with E-state index in [1.807, 2.05) is 94.4 Å². The lowest BCUT2D eigenvalue weighted by molar-refractivity contribution is -0.130. The number of nitrogens with zero attached hydrogens (tertiary/aromatic N) is 2. The van der Waals surface area contributed by atoms with E-state index < -0.39 is 18.2 Å². The van der Waals surface area contributed by atoms with Crippen LogP contribution in [0.1, 0.15) is 44.7 Å². The van der Waals surface area contributed by atoms with E-state index in [2.05, 4.69) is 20.5 Å². The fourth-order valence-electron chi connectivity index (χ4n) is 5.27. The van der Waals surface area contributed by atoms with Gasteiger partial charge in [-0.1, -0.05) is 48.5 Å². The lowest BCUT2D eigenvalue weighted by atomic mass is 9.96. The molecule has 0 aliphatic carbocycles. The van der Waals surface area contributed by atoms with Crippen LogP contribution in [0.15, 0.2) is 84.0 Å². The second-order valence-corrected chi connectivity index (χ2v) is 13.6. The summed E-state index contributed by atoms with van der Waals surface area (Å²) in [6.07, 6.45) is 4.64. The number of ether oxygens (including phenoxy) is 1. The van der Waals surface area contributed by atoms with Crippen LogP contribution in [0.3, 0.4) is 0 Å². The molecule has 3 N–H and O–H groups in total.